The van der Waals surface area contributed by atoms with E-state index in [-0.39, 0.29) is 12.5 Å². The summed E-state index contributed by atoms with van der Waals surface area (Å²) in [5.41, 5.74) is 0. The van der Waals surface area contributed by atoms with E-state index in [0.29, 0.717) is 12.8 Å². The SMILES string of the molecule is CCCCCCCCCCCCCC(O)C(CO)NC(=O)CCCCCCCCCCCC. The number of carbonyl (C=O) groups excluding carboxylic acids is 1. The van der Waals surface area contributed by atoms with Gasteiger partial charge in [-0.3, -0.25) is 4.79 Å². The van der Waals surface area contributed by atoms with Crippen LogP contribution in [0.5, 0.6) is 0 Å². The second-order valence-corrected chi connectivity index (χ2v) is 10.2. The van der Waals surface area contributed by atoms with Gasteiger partial charge in [0.05, 0.1) is 18.8 Å². The van der Waals surface area contributed by atoms with E-state index in [9.17, 15) is 15.0 Å². The molecule has 0 bridgehead atoms. The van der Waals surface area contributed by atoms with Crippen molar-refractivity contribution in [2.45, 2.75) is 174 Å². The van der Waals surface area contributed by atoms with Gasteiger partial charge in [-0.15, -0.1) is 0 Å². The molecule has 0 aromatic rings. The number of aliphatic hydroxyl groups is 2. The average Bonchev–Trinajstić information content (AvgIpc) is 2.82. The van der Waals surface area contributed by atoms with Gasteiger partial charge in [-0.05, 0) is 12.8 Å². The Morgan fingerprint density at radius 1 is 0.606 bits per heavy atom. The van der Waals surface area contributed by atoms with Crippen molar-refractivity contribution in [3.8, 4) is 0 Å². The van der Waals surface area contributed by atoms with Gasteiger partial charge in [-0.25, -0.2) is 0 Å². The summed E-state index contributed by atoms with van der Waals surface area (Å²) in [5, 5.41) is 22.8. The van der Waals surface area contributed by atoms with Crippen molar-refractivity contribution in [1.29, 1.82) is 0 Å². The monoisotopic (exact) mass is 469 g/mol. The molecule has 198 valence electrons. The Morgan fingerprint density at radius 2 is 0.970 bits per heavy atom. The van der Waals surface area contributed by atoms with Crippen LogP contribution in [0.1, 0.15) is 162 Å². The lowest BCUT2D eigenvalue weighted by Crippen LogP contribution is -2.45. The molecule has 0 aliphatic carbocycles. The number of hydrogen-bond acceptors (Lipinski definition) is 3. The Morgan fingerprint density at radius 3 is 1.36 bits per heavy atom. The molecule has 0 radical (unpaired) electrons. The Balaban J connectivity index is 3.60. The van der Waals surface area contributed by atoms with Crippen LogP contribution in [0, 0.1) is 0 Å². The molecule has 0 aliphatic heterocycles. The van der Waals surface area contributed by atoms with Gasteiger partial charge >= 0.3 is 0 Å². The highest BCUT2D eigenvalue weighted by atomic mass is 16.3. The number of amides is 1. The highest BCUT2D eigenvalue weighted by molar-refractivity contribution is 5.76. The van der Waals surface area contributed by atoms with Gasteiger partial charge < -0.3 is 15.5 Å². The summed E-state index contributed by atoms with van der Waals surface area (Å²) in [4.78, 5) is 12.2. The van der Waals surface area contributed by atoms with Crippen LogP contribution in [0.3, 0.4) is 0 Å². The Hall–Kier alpha value is -0.610. The summed E-state index contributed by atoms with van der Waals surface area (Å²) >= 11 is 0. The minimum absolute atomic E-state index is 0.0356. The highest BCUT2D eigenvalue weighted by Crippen LogP contribution is 2.14. The molecule has 3 N–H and O–H groups in total. The largest absolute Gasteiger partial charge is 0.394 e. The number of rotatable bonds is 26. The van der Waals surface area contributed by atoms with Crippen LogP contribution in [0.25, 0.3) is 0 Å². The quantitative estimate of drug-likeness (QED) is 0.113. The van der Waals surface area contributed by atoms with E-state index in [0.717, 1.165) is 25.7 Å². The van der Waals surface area contributed by atoms with Crippen molar-refractivity contribution >= 4 is 5.91 Å². The molecule has 0 aliphatic rings. The van der Waals surface area contributed by atoms with Crippen LogP contribution in [-0.4, -0.2) is 34.9 Å². The van der Waals surface area contributed by atoms with Gasteiger partial charge in [0.15, 0.2) is 0 Å². The van der Waals surface area contributed by atoms with Crippen LogP contribution in [0.15, 0.2) is 0 Å². The summed E-state index contributed by atoms with van der Waals surface area (Å²) in [7, 11) is 0. The van der Waals surface area contributed by atoms with Crippen molar-refractivity contribution in [2.24, 2.45) is 0 Å². The zero-order valence-electron chi connectivity index (χ0n) is 22.4. The topological polar surface area (TPSA) is 69.6 Å². The van der Waals surface area contributed by atoms with Crippen LogP contribution in [0.2, 0.25) is 0 Å². The fraction of sp³-hybridized carbons (Fsp3) is 0.966. The highest BCUT2D eigenvalue weighted by Gasteiger charge is 2.19. The smallest absolute Gasteiger partial charge is 0.220 e. The third-order valence-electron chi connectivity index (χ3n) is 6.87. The van der Waals surface area contributed by atoms with Gasteiger partial charge in [0.25, 0.3) is 0 Å². The molecule has 4 nitrogen and oxygen atoms in total. The first kappa shape index (κ1) is 32.4. The molecule has 0 rings (SSSR count). The molecule has 2 atom stereocenters. The summed E-state index contributed by atoms with van der Waals surface area (Å²) in [6.07, 6.45) is 27.1. The third-order valence-corrected chi connectivity index (χ3v) is 6.87. The standard InChI is InChI=1S/C29H59NO3/c1-3-5-7-9-11-13-15-16-18-20-22-24-28(32)27(26-31)30-29(33)25-23-21-19-17-14-12-10-8-6-4-2/h27-28,31-32H,3-26H2,1-2H3,(H,30,33). The Labute approximate surface area is 206 Å². The van der Waals surface area contributed by atoms with E-state index < -0.39 is 12.1 Å². The Bertz CT molecular complexity index is 402. The van der Waals surface area contributed by atoms with Gasteiger partial charge in [-0.2, -0.15) is 0 Å². The van der Waals surface area contributed by atoms with Crippen LogP contribution in [-0.2, 0) is 4.79 Å². The lowest BCUT2D eigenvalue weighted by Gasteiger charge is -2.22. The molecule has 0 saturated carbocycles. The number of carbonyl (C=O) groups is 1. The number of unbranched alkanes of at least 4 members (excludes halogenated alkanes) is 19. The first-order valence-electron chi connectivity index (χ1n) is 14.7. The molecular weight excluding hydrogens is 410 g/mol. The number of aliphatic hydroxyl groups excluding tert-OH is 2. The molecule has 0 aromatic heterocycles. The van der Waals surface area contributed by atoms with E-state index in [1.807, 2.05) is 0 Å². The predicted molar refractivity (Wildman–Crippen MR) is 143 cm³/mol. The van der Waals surface area contributed by atoms with Crippen molar-refractivity contribution in [3.05, 3.63) is 0 Å². The molecular formula is C29H59NO3. The predicted octanol–water partition coefficient (Wildman–Crippen LogP) is 7.84. The fourth-order valence-corrected chi connectivity index (χ4v) is 4.53. The normalized spacial score (nSPS) is 13.2. The molecule has 0 saturated heterocycles. The van der Waals surface area contributed by atoms with E-state index in [4.69, 9.17) is 0 Å². The second kappa shape index (κ2) is 26.0. The van der Waals surface area contributed by atoms with Gasteiger partial charge in [0.2, 0.25) is 5.91 Å². The lowest BCUT2D eigenvalue weighted by molar-refractivity contribution is -0.123. The first-order chi connectivity index (χ1) is 16.2. The van der Waals surface area contributed by atoms with Crippen LogP contribution in [0.4, 0.5) is 0 Å². The molecule has 0 fully saturated rings. The maximum absolute atomic E-state index is 12.2. The minimum Gasteiger partial charge on any atom is -0.394 e. The molecule has 1 amide bonds. The zero-order chi connectivity index (χ0) is 24.4. The third kappa shape index (κ3) is 22.9. The molecule has 0 spiro atoms. The fourth-order valence-electron chi connectivity index (χ4n) is 4.53. The summed E-state index contributed by atoms with van der Waals surface area (Å²) in [5.74, 6) is -0.0356. The van der Waals surface area contributed by atoms with Crippen molar-refractivity contribution < 1.29 is 15.0 Å². The number of nitrogens with one attached hydrogen (secondary N) is 1. The van der Waals surface area contributed by atoms with E-state index in [1.54, 1.807) is 0 Å². The van der Waals surface area contributed by atoms with E-state index in [2.05, 4.69) is 19.2 Å². The molecule has 33 heavy (non-hydrogen) atoms. The summed E-state index contributed by atoms with van der Waals surface area (Å²) in [6, 6.07) is -0.524. The van der Waals surface area contributed by atoms with E-state index >= 15 is 0 Å². The maximum atomic E-state index is 12.2. The van der Waals surface area contributed by atoms with Crippen molar-refractivity contribution in [1.82, 2.24) is 5.32 Å². The maximum Gasteiger partial charge on any atom is 0.220 e. The summed E-state index contributed by atoms with van der Waals surface area (Å²) in [6.45, 7) is 4.31. The van der Waals surface area contributed by atoms with Crippen LogP contribution >= 0.6 is 0 Å². The van der Waals surface area contributed by atoms with E-state index in [1.165, 1.54) is 109 Å². The first-order valence-corrected chi connectivity index (χ1v) is 14.7. The van der Waals surface area contributed by atoms with Gasteiger partial charge in [0, 0.05) is 6.42 Å². The lowest BCUT2D eigenvalue weighted by atomic mass is 10.0. The van der Waals surface area contributed by atoms with Gasteiger partial charge in [0.1, 0.15) is 0 Å². The van der Waals surface area contributed by atoms with Crippen molar-refractivity contribution in [3.63, 3.8) is 0 Å². The molecule has 4 heteroatoms. The number of hydrogen-bond donors (Lipinski definition) is 3. The van der Waals surface area contributed by atoms with Crippen molar-refractivity contribution in [2.75, 3.05) is 6.61 Å². The molecule has 0 aromatic carbocycles. The summed E-state index contributed by atoms with van der Waals surface area (Å²) < 4.78 is 0. The minimum atomic E-state index is -0.648. The second-order valence-electron chi connectivity index (χ2n) is 10.2. The Kier molecular flexibility index (Phi) is 25.5. The van der Waals surface area contributed by atoms with Crippen LogP contribution < -0.4 is 5.32 Å². The molecule has 0 heterocycles. The zero-order valence-corrected chi connectivity index (χ0v) is 22.4. The average molecular weight is 470 g/mol. The van der Waals surface area contributed by atoms with Gasteiger partial charge in [-0.1, -0.05) is 142 Å². The molecule has 2 unspecified atom stereocenters.